The molecule has 31 heavy (non-hydrogen) atoms. The van der Waals surface area contributed by atoms with E-state index in [4.69, 9.17) is 11.6 Å². The summed E-state index contributed by atoms with van der Waals surface area (Å²) in [5.74, 6) is -0.221. The van der Waals surface area contributed by atoms with Crippen LogP contribution in [0.25, 0.3) is 0 Å². The number of carbonyl (C=O) groups is 1. The number of aryl methyl sites for hydroxylation is 2. The zero-order chi connectivity index (χ0) is 22.6. The Kier molecular flexibility index (Phi) is 7.03. The molecule has 0 radical (unpaired) electrons. The quantitative estimate of drug-likeness (QED) is 0.552. The van der Waals surface area contributed by atoms with E-state index in [0.717, 1.165) is 22.3 Å². The maximum Gasteiger partial charge on any atom is 0.251 e. The molecule has 162 valence electrons. The van der Waals surface area contributed by atoms with Crippen molar-refractivity contribution in [2.45, 2.75) is 26.9 Å². The first-order chi connectivity index (χ1) is 14.6. The predicted octanol–water partition coefficient (Wildman–Crippen LogP) is 4.85. The Balaban J connectivity index is 1.74. The first-order valence-electron chi connectivity index (χ1n) is 9.80. The van der Waals surface area contributed by atoms with E-state index in [1.165, 1.54) is 10.6 Å². The summed E-state index contributed by atoms with van der Waals surface area (Å²) in [4.78, 5) is 12.5. The van der Waals surface area contributed by atoms with Gasteiger partial charge in [0.05, 0.1) is 18.5 Å². The van der Waals surface area contributed by atoms with Gasteiger partial charge in [-0.3, -0.25) is 9.10 Å². The number of carbonyl (C=O) groups excluding carboxylic acids is 1. The summed E-state index contributed by atoms with van der Waals surface area (Å²) in [6, 6.07) is 20.0. The number of nitrogens with one attached hydrogen (secondary N) is 1. The minimum atomic E-state index is -3.48. The molecular formula is C24H25ClN2O3S. The third kappa shape index (κ3) is 5.87. The van der Waals surface area contributed by atoms with Crippen LogP contribution in [0.15, 0.2) is 66.7 Å². The second kappa shape index (κ2) is 9.54. The zero-order valence-electron chi connectivity index (χ0n) is 17.7. The van der Waals surface area contributed by atoms with E-state index < -0.39 is 10.0 Å². The summed E-state index contributed by atoms with van der Waals surface area (Å²) < 4.78 is 26.3. The van der Waals surface area contributed by atoms with E-state index in [-0.39, 0.29) is 12.5 Å². The highest BCUT2D eigenvalue weighted by Gasteiger charge is 2.20. The van der Waals surface area contributed by atoms with Gasteiger partial charge in [-0.15, -0.1) is 0 Å². The first kappa shape index (κ1) is 22.8. The predicted molar refractivity (Wildman–Crippen MR) is 126 cm³/mol. The molecule has 0 aromatic heterocycles. The fourth-order valence-corrected chi connectivity index (χ4v) is 4.36. The van der Waals surface area contributed by atoms with Gasteiger partial charge in [-0.05, 0) is 60.4 Å². The van der Waals surface area contributed by atoms with Gasteiger partial charge in [-0.1, -0.05) is 54.1 Å². The van der Waals surface area contributed by atoms with Crippen LogP contribution in [0.1, 0.15) is 32.6 Å². The normalized spacial score (nSPS) is 11.2. The summed E-state index contributed by atoms with van der Waals surface area (Å²) in [5.41, 5.74) is 4.64. The van der Waals surface area contributed by atoms with Crippen LogP contribution in [0.3, 0.4) is 0 Å². The van der Waals surface area contributed by atoms with Gasteiger partial charge in [-0.25, -0.2) is 8.42 Å². The Morgan fingerprint density at radius 3 is 2.32 bits per heavy atom. The minimum Gasteiger partial charge on any atom is -0.348 e. The molecule has 1 amide bonds. The zero-order valence-corrected chi connectivity index (χ0v) is 19.3. The van der Waals surface area contributed by atoms with Crippen LogP contribution in [0.2, 0.25) is 5.02 Å². The van der Waals surface area contributed by atoms with Crippen LogP contribution in [-0.2, 0) is 23.1 Å². The van der Waals surface area contributed by atoms with Crippen molar-refractivity contribution in [2.75, 3.05) is 10.6 Å². The lowest BCUT2D eigenvalue weighted by Gasteiger charge is -2.25. The molecule has 0 saturated heterocycles. The highest BCUT2D eigenvalue weighted by atomic mass is 35.5. The molecule has 3 aromatic rings. The van der Waals surface area contributed by atoms with Crippen LogP contribution >= 0.6 is 11.6 Å². The van der Waals surface area contributed by atoms with Gasteiger partial charge in [0.15, 0.2) is 0 Å². The number of rotatable bonds is 7. The fourth-order valence-electron chi connectivity index (χ4n) is 3.22. The van der Waals surface area contributed by atoms with Gasteiger partial charge in [-0.2, -0.15) is 0 Å². The number of halogens is 1. The van der Waals surface area contributed by atoms with E-state index in [2.05, 4.69) is 5.32 Å². The number of amides is 1. The lowest BCUT2D eigenvalue weighted by molar-refractivity contribution is 0.0951. The Hall–Kier alpha value is -2.83. The van der Waals surface area contributed by atoms with Crippen molar-refractivity contribution in [3.05, 3.63) is 99.6 Å². The van der Waals surface area contributed by atoms with E-state index in [0.29, 0.717) is 22.8 Å². The summed E-state index contributed by atoms with van der Waals surface area (Å²) in [6.07, 6.45) is 1.20. The largest absolute Gasteiger partial charge is 0.348 e. The second-order valence-corrected chi connectivity index (χ2v) is 9.84. The van der Waals surface area contributed by atoms with Crippen LogP contribution in [0, 0.1) is 13.8 Å². The molecule has 0 aliphatic heterocycles. The molecule has 0 heterocycles. The molecule has 7 heteroatoms. The molecule has 0 aliphatic carbocycles. The van der Waals surface area contributed by atoms with Gasteiger partial charge < -0.3 is 5.32 Å². The van der Waals surface area contributed by atoms with E-state index in [1.807, 2.05) is 50.2 Å². The molecule has 3 aromatic carbocycles. The van der Waals surface area contributed by atoms with E-state index in [9.17, 15) is 13.2 Å². The van der Waals surface area contributed by atoms with Crippen LogP contribution in [0.4, 0.5) is 5.69 Å². The molecule has 0 bridgehead atoms. The van der Waals surface area contributed by atoms with Crippen molar-refractivity contribution < 1.29 is 13.2 Å². The van der Waals surface area contributed by atoms with Crippen molar-refractivity contribution in [3.63, 3.8) is 0 Å². The van der Waals surface area contributed by atoms with Gasteiger partial charge in [0, 0.05) is 17.1 Å². The molecule has 1 N–H and O–H groups in total. The molecule has 5 nitrogen and oxygen atoms in total. The molecule has 0 spiro atoms. The maximum atomic E-state index is 12.5. The average Bonchev–Trinajstić information content (AvgIpc) is 2.73. The Labute approximate surface area is 188 Å². The Morgan fingerprint density at radius 1 is 1.00 bits per heavy atom. The molecule has 0 unspecified atom stereocenters. The highest BCUT2D eigenvalue weighted by molar-refractivity contribution is 7.92. The molecule has 3 rings (SSSR count). The van der Waals surface area contributed by atoms with Crippen molar-refractivity contribution in [1.29, 1.82) is 0 Å². The number of sulfonamides is 1. The van der Waals surface area contributed by atoms with E-state index >= 15 is 0 Å². The highest BCUT2D eigenvalue weighted by Crippen LogP contribution is 2.26. The minimum absolute atomic E-state index is 0.185. The third-order valence-corrected chi connectivity index (χ3v) is 6.47. The Morgan fingerprint density at radius 2 is 1.68 bits per heavy atom. The van der Waals surface area contributed by atoms with Gasteiger partial charge >= 0.3 is 0 Å². The molecule has 0 aliphatic rings. The monoisotopic (exact) mass is 456 g/mol. The van der Waals surface area contributed by atoms with Crippen molar-refractivity contribution in [2.24, 2.45) is 0 Å². The third-order valence-electron chi connectivity index (χ3n) is 4.97. The summed E-state index contributed by atoms with van der Waals surface area (Å²) in [6.45, 7) is 4.33. The maximum absolute atomic E-state index is 12.5. The lowest BCUT2D eigenvalue weighted by atomic mass is 10.1. The molecule has 0 atom stereocenters. The average molecular weight is 457 g/mol. The smallest absolute Gasteiger partial charge is 0.251 e. The van der Waals surface area contributed by atoms with Gasteiger partial charge in [0.1, 0.15) is 0 Å². The van der Waals surface area contributed by atoms with E-state index in [1.54, 1.807) is 30.3 Å². The van der Waals surface area contributed by atoms with Crippen molar-refractivity contribution in [3.8, 4) is 0 Å². The fraction of sp³-hybridized carbons (Fsp3) is 0.208. The molecule has 0 fully saturated rings. The number of hydrogen-bond donors (Lipinski definition) is 1. The van der Waals surface area contributed by atoms with Crippen LogP contribution < -0.4 is 9.62 Å². The summed E-state index contributed by atoms with van der Waals surface area (Å²) in [5, 5.41) is 3.45. The van der Waals surface area contributed by atoms with Crippen molar-refractivity contribution >= 4 is 33.2 Å². The van der Waals surface area contributed by atoms with Crippen LogP contribution in [-0.4, -0.2) is 20.6 Å². The first-order valence-corrected chi connectivity index (χ1v) is 12.0. The number of nitrogens with zero attached hydrogens (tertiary/aromatic N) is 1. The second-order valence-electron chi connectivity index (χ2n) is 7.53. The molecule has 0 saturated carbocycles. The van der Waals surface area contributed by atoms with Crippen molar-refractivity contribution in [1.82, 2.24) is 5.32 Å². The van der Waals surface area contributed by atoms with Gasteiger partial charge in [0.2, 0.25) is 10.0 Å². The number of anilines is 1. The van der Waals surface area contributed by atoms with Crippen LogP contribution in [0.5, 0.6) is 0 Å². The van der Waals surface area contributed by atoms with Gasteiger partial charge in [0.25, 0.3) is 5.91 Å². The standard InChI is InChI=1S/C24H25ClN2O3S/c1-17-8-9-18(2)23(14-17)27(31(3,29)30)16-19-10-12-20(13-11-19)24(28)26-15-21-6-4-5-7-22(21)25/h4-14H,15-16H2,1-3H3,(H,26,28). The number of benzene rings is 3. The molecular weight excluding hydrogens is 432 g/mol. The summed E-state index contributed by atoms with van der Waals surface area (Å²) in [7, 11) is -3.48. The lowest BCUT2D eigenvalue weighted by Crippen LogP contribution is -2.30. The number of hydrogen-bond acceptors (Lipinski definition) is 3. The topological polar surface area (TPSA) is 66.5 Å². The Bertz CT molecular complexity index is 1190. The summed E-state index contributed by atoms with van der Waals surface area (Å²) >= 11 is 6.13. The SMILES string of the molecule is Cc1ccc(C)c(N(Cc2ccc(C(=O)NCc3ccccc3Cl)cc2)S(C)(=O)=O)c1.